The molecule has 1 rings (SSSR count). The van der Waals surface area contributed by atoms with Crippen LogP contribution in [0.15, 0.2) is 0 Å². The van der Waals surface area contributed by atoms with E-state index in [9.17, 15) is 4.79 Å². The zero-order valence-electron chi connectivity index (χ0n) is 12.9. The van der Waals surface area contributed by atoms with E-state index in [-0.39, 0.29) is 6.09 Å². The molecule has 0 spiro atoms. The Balaban J connectivity index is 2.12. The summed E-state index contributed by atoms with van der Waals surface area (Å²) in [6, 6.07) is 0. The monoisotopic (exact) mass is 272 g/mol. The SMILES string of the molecule is C[C@@H]1CN(CCCNC(=O)OC(C)(C)C)C[C@H](C)O1. The van der Waals surface area contributed by atoms with Crippen LogP contribution in [0.25, 0.3) is 0 Å². The molecule has 0 saturated carbocycles. The normalized spacial score (nSPS) is 25.1. The van der Waals surface area contributed by atoms with Crippen LogP contribution in [0.2, 0.25) is 0 Å². The van der Waals surface area contributed by atoms with E-state index in [1.165, 1.54) is 0 Å². The lowest BCUT2D eigenvalue weighted by Crippen LogP contribution is -2.46. The Kier molecular flexibility index (Phi) is 6.07. The lowest BCUT2D eigenvalue weighted by molar-refractivity contribution is -0.0680. The minimum absolute atomic E-state index is 0.294. The van der Waals surface area contributed by atoms with Crippen molar-refractivity contribution in [2.45, 2.75) is 58.8 Å². The van der Waals surface area contributed by atoms with Gasteiger partial charge in [0.25, 0.3) is 0 Å². The predicted octanol–water partition coefficient (Wildman–Crippen LogP) is 2.01. The summed E-state index contributed by atoms with van der Waals surface area (Å²) in [7, 11) is 0. The van der Waals surface area contributed by atoms with Crippen molar-refractivity contribution in [2.24, 2.45) is 0 Å². The van der Waals surface area contributed by atoms with Crippen molar-refractivity contribution >= 4 is 6.09 Å². The molecule has 1 saturated heterocycles. The number of amides is 1. The summed E-state index contributed by atoms with van der Waals surface area (Å²) in [5, 5.41) is 2.78. The number of morpholine rings is 1. The Bertz CT molecular complexity index is 279. The third-order valence-corrected chi connectivity index (χ3v) is 2.81. The molecule has 19 heavy (non-hydrogen) atoms. The molecule has 0 unspecified atom stereocenters. The number of ether oxygens (including phenoxy) is 2. The average molecular weight is 272 g/mol. The second-order valence-corrected chi connectivity index (χ2v) is 6.30. The topological polar surface area (TPSA) is 50.8 Å². The fourth-order valence-electron chi connectivity index (χ4n) is 2.27. The van der Waals surface area contributed by atoms with Crippen LogP contribution >= 0.6 is 0 Å². The fraction of sp³-hybridized carbons (Fsp3) is 0.929. The number of nitrogens with zero attached hydrogens (tertiary/aromatic N) is 1. The molecule has 1 heterocycles. The van der Waals surface area contributed by atoms with Crippen LogP contribution in [0.4, 0.5) is 4.79 Å². The first-order valence-electron chi connectivity index (χ1n) is 7.11. The quantitative estimate of drug-likeness (QED) is 0.795. The molecule has 0 radical (unpaired) electrons. The smallest absolute Gasteiger partial charge is 0.407 e. The van der Waals surface area contributed by atoms with Gasteiger partial charge in [0.05, 0.1) is 12.2 Å². The first-order valence-corrected chi connectivity index (χ1v) is 7.11. The summed E-state index contributed by atoms with van der Waals surface area (Å²) in [6.45, 7) is 13.4. The standard InChI is InChI=1S/C14H28N2O3/c1-11-9-16(10-12(2)18-11)8-6-7-15-13(17)19-14(3,4)5/h11-12H,6-10H2,1-5H3,(H,15,17)/t11-,12+. The molecule has 1 fully saturated rings. The summed E-state index contributed by atoms with van der Waals surface area (Å²) in [5.41, 5.74) is -0.431. The van der Waals surface area contributed by atoms with Crippen molar-refractivity contribution in [1.82, 2.24) is 10.2 Å². The lowest BCUT2D eigenvalue weighted by atomic mass is 10.2. The molecular formula is C14H28N2O3. The maximum Gasteiger partial charge on any atom is 0.407 e. The van der Waals surface area contributed by atoms with E-state index in [2.05, 4.69) is 24.1 Å². The van der Waals surface area contributed by atoms with Gasteiger partial charge in [-0.1, -0.05) is 0 Å². The van der Waals surface area contributed by atoms with Gasteiger partial charge >= 0.3 is 6.09 Å². The fourth-order valence-corrected chi connectivity index (χ4v) is 2.27. The number of hydrogen-bond acceptors (Lipinski definition) is 4. The van der Waals surface area contributed by atoms with Gasteiger partial charge in [0.1, 0.15) is 5.60 Å². The van der Waals surface area contributed by atoms with E-state index >= 15 is 0 Å². The summed E-state index contributed by atoms with van der Waals surface area (Å²) in [6.07, 6.45) is 1.18. The molecule has 1 N–H and O–H groups in total. The van der Waals surface area contributed by atoms with Crippen LogP contribution < -0.4 is 5.32 Å². The maximum atomic E-state index is 11.4. The second-order valence-electron chi connectivity index (χ2n) is 6.30. The van der Waals surface area contributed by atoms with Crippen LogP contribution in [-0.2, 0) is 9.47 Å². The molecule has 1 aliphatic rings. The molecule has 5 nitrogen and oxygen atoms in total. The van der Waals surface area contributed by atoms with Gasteiger partial charge in [-0.05, 0) is 41.0 Å². The Morgan fingerprint density at radius 1 is 1.32 bits per heavy atom. The first kappa shape index (κ1) is 16.2. The highest BCUT2D eigenvalue weighted by Gasteiger charge is 2.21. The van der Waals surface area contributed by atoms with E-state index in [1.54, 1.807) is 0 Å². The van der Waals surface area contributed by atoms with Gasteiger partial charge in [-0.15, -0.1) is 0 Å². The molecule has 1 aliphatic heterocycles. The van der Waals surface area contributed by atoms with E-state index in [0.29, 0.717) is 18.8 Å². The molecule has 112 valence electrons. The van der Waals surface area contributed by atoms with Gasteiger partial charge < -0.3 is 14.8 Å². The Morgan fingerprint density at radius 2 is 1.89 bits per heavy atom. The zero-order chi connectivity index (χ0) is 14.5. The van der Waals surface area contributed by atoms with Gasteiger partial charge in [-0.25, -0.2) is 4.79 Å². The van der Waals surface area contributed by atoms with Gasteiger partial charge in [-0.2, -0.15) is 0 Å². The number of rotatable bonds is 4. The minimum atomic E-state index is -0.431. The second kappa shape index (κ2) is 7.10. The van der Waals surface area contributed by atoms with Crippen molar-refractivity contribution in [3.63, 3.8) is 0 Å². The molecule has 1 amide bonds. The highest BCUT2D eigenvalue weighted by atomic mass is 16.6. The van der Waals surface area contributed by atoms with E-state index < -0.39 is 5.60 Å². The summed E-state index contributed by atoms with van der Waals surface area (Å²) >= 11 is 0. The molecular weight excluding hydrogens is 244 g/mol. The van der Waals surface area contributed by atoms with Gasteiger partial charge in [0.15, 0.2) is 0 Å². The molecule has 0 aromatic carbocycles. The average Bonchev–Trinajstić information content (AvgIpc) is 2.20. The molecule has 2 atom stereocenters. The van der Waals surface area contributed by atoms with Crippen LogP contribution in [0.3, 0.4) is 0 Å². The van der Waals surface area contributed by atoms with Crippen LogP contribution in [-0.4, -0.2) is 55.0 Å². The summed E-state index contributed by atoms with van der Waals surface area (Å²) in [4.78, 5) is 13.8. The Hall–Kier alpha value is -0.810. The van der Waals surface area contributed by atoms with E-state index in [0.717, 1.165) is 26.1 Å². The third-order valence-electron chi connectivity index (χ3n) is 2.81. The molecule has 0 bridgehead atoms. The van der Waals surface area contributed by atoms with Crippen molar-refractivity contribution in [3.05, 3.63) is 0 Å². The van der Waals surface area contributed by atoms with Crippen LogP contribution in [0.1, 0.15) is 41.0 Å². The largest absolute Gasteiger partial charge is 0.444 e. The van der Waals surface area contributed by atoms with Crippen molar-refractivity contribution in [1.29, 1.82) is 0 Å². The minimum Gasteiger partial charge on any atom is -0.444 e. The highest BCUT2D eigenvalue weighted by Crippen LogP contribution is 2.10. The lowest BCUT2D eigenvalue weighted by Gasteiger charge is -2.35. The van der Waals surface area contributed by atoms with E-state index in [1.807, 2.05) is 20.8 Å². The maximum absolute atomic E-state index is 11.4. The third kappa shape index (κ3) is 7.38. The summed E-state index contributed by atoms with van der Waals surface area (Å²) in [5.74, 6) is 0. The highest BCUT2D eigenvalue weighted by molar-refractivity contribution is 5.67. The number of nitrogens with one attached hydrogen (secondary N) is 1. The van der Waals surface area contributed by atoms with Gasteiger partial charge in [0, 0.05) is 26.2 Å². The molecule has 0 aromatic heterocycles. The van der Waals surface area contributed by atoms with Crippen molar-refractivity contribution < 1.29 is 14.3 Å². The number of carbonyl (C=O) groups excluding carboxylic acids is 1. The summed E-state index contributed by atoms with van der Waals surface area (Å²) < 4.78 is 10.9. The zero-order valence-corrected chi connectivity index (χ0v) is 12.9. The van der Waals surface area contributed by atoms with Crippen molar-refractivity contribution in [2.75, 3.05) is 26.2 Å². The first-order chi connectivity index (χ1) is 8.76. The number of alkyl carbamates (subject to hydrolysis) is 1. The van der Waals surface area contributed by atoms with Crippen LogP contribution in [0.5, 0.6) is 0 Å². The number of hydrogen-bond donors (Lipinski definition) is 1. The molecule has 0 aliphatic carbocycles. The Labute approximate surface area is 116 Å². The molecule has 5 heteroatoms. The molecule has 0 aromatic rings. The van der Waals surface area contributed by atoms with Gasteiger partial charge in [0.2, 0.25) is 0 Å². The predicted molar refractivity (Wildman–Crippen MR) is 75.3 cm³/mol. The van der Waals surface area contributed by atoms with E-state index in [4.69, 9.17) is 9.47 Å². The van der Waals surface area contributed by atoms with Crippen LogP contribution in [0, 0.1) is 0 Å². The number of carbonyl (C=O) groups is 1. The van der Waals surface area contributed by atoms with Crippen molar-refractivity contribution in [3.8, 4) is 0 Å². The Morgan fingerprint density at radius 3 is 2.42 bits per heavy atom. The van der Waals surface area contributed by atoms with Gasteiger partial charge in [-0.3, -0.25) is 4.90 Å².